The van der Waals surface area contributed by atoms with Crippen LogP contribution in [-0.2, 0) is 18.4 Å². The number of nitrogens with zero attached hydrogens (tertiary/aromatic N) is 4. The van der Waals surface area contributed by atoms with E-state index >= 15 is 0 Å². The highest BCUT2D eigenvalue weighted by Gasteiger charge is 2.08. The fourth-order valence-electron chi connectivity index (χ4n) is 1.58. The number of hydrogen-bond donors (Lipinski definition) is 1. The number of methoxy groups -OCH3 is 1. The minimum absolute atomic E-state index is 0.389. The van der Waals surface area contributed by atoms with Gasteiger partial charge in [-0.3, -0.25) is 4.68 Å². The lowest BCUT2D eigenvalue weighted by Gasteiger charge is -2.07. The van der Waals surface area contributed by atoms with Gasteiger partial charge in [0.25, 0.3) is 0 Å². The van der Waals surface area contributed by atoms with Crippen molar-refractivity contribution in [3.63, 3.8) is 0 Å². The minimum Gasteiger partial charge on any atom is -0.377 e. The molecule has 0 amide bonds. The molecule has 2 rings (SSSR count). The van der Waals surface area contributed by atoms with Crippen LogP contribution < -0.4 is 5.32 Å². The van der Waals surface area contributed by atoms with Crippen molar-refractivity contribution in [2.75, 3.05) is 19.5 Å². The zero-order valence-electron chi connectivity index (χ0n) is 10.1. The predicted octanol–water partition coefficient (Wildman–Crippen LogP) is 1.07. The lowest BCUT2D eigenvalue weighted by molar-refractivity contribution is 0.178. The van der Waals surface area contributed by atoms with Gasteiger partial charge in [-0.2, -0.15) is 5.10 Å². The van der Waals surface area contributed by atoms with Gasteiger partial charge in [-0.15, -0.1) is 0 Å². The van der Waals surface area contributed by atoms with Gasteiger partial charge in [0.15, 0.2) is 5.82 Å². The number of anilines is 1. The molecule has 6 nitrogen and oxygen atoms in total. The SMILES string of the molecule is CNc1cc(-c2ccnn2C)nc(COC)n1. The molecule has 0 aliphatic heterocycles. The summed E-state index contributed by atoms with van der Waals surface area (Å²) in [6.45, 7) is 0.389. The van der Waals surface area contributed by atoms with Crippen molar-refractivity contribution in [2.24, 2.45) is 7.05 Å². The molecule has 0 unspecified atom stereocenters. The highest BCUT2D eigenvalue weighted by atomic mass is 16.5. The second-order valence-corrected chi connectivity index (χ2v) is 3.58. The minimum atomic E-state index is 0.389. The van der Waals surface area contributed by atoms with E-state index in [1.807, 2.05) is 26.2 Å². The Kier molecular flexibility index (Phi) is 3.34. The average molecular weight is 233 g/mol. The van der Waals surface area contributed by atoms with Gasteiger partial charge >= 0.3 is 0 Å². The third-order valence-corrected chi connectivity index (χ3v) is 2.39. The lowest BCUT2D eigenvalue weighted by atomic mass is 10.3. The Morgan fingerprint density at radius 1 is 1.41 bits per heavy atom. The van der Waals surface area contributed by atoms with Gasteiger partial charge in [0.2, 0.25) is 0 Å². The molecular formula is C11H15N5O. The summed E-state index contributed by atoms with van der Waals surface area (Å²) in [6, 6.07) is 3.80. The smallest absolute Gasteiger partial charge is 0.157 e. The summed E-state index contributed by atoms with van der Waals surface area (Å²) in [7, 11) is 5.33. The summed E-state index contributed by atoms with van der Waals surface area (Å²) in [5.41, 5.74) is 1.78. The molecule has 0 fully saturated rings. The molecule has 2 aromatic rings. The van der Waals surface area contributed by atoms with E-state index in [4.69, 9.17) is 4.74 Å². The van der Waals surface area contributed by atoms with Crippen LogP contribution in [0.5, 0.6) is 0 Å². The lowest BCUT2D eigenvalue weighted by Crippen LogP contribution is -2.04. The predicted molar refractivity (Wildman–Crippen MR) is 64.5 cm³/mol. The fourth-order valence-corrected chi connectivity index (χ4v) is 1.58. The fraction of sp³-hybridized carbons (Fsp3) is 0.364. The zero-order chi connectivity index (χ0) is 12.3. The summed E-state index contributed by atoms with van der Waals surface area (Å²) < 4.78 is 6.83. The summed E-state index contributed by atoms with van der Waals surface area (Å²) in [4.78, 5) is 8.74. The van der Waals surface area contributed by atoms with Crippen LogP contribution in [0.1, 0.15) is 5.82 Å². The molecule has 0 saturated carbocycles. The number of ether oxygens (including phenoxy) is 1. The van der Waals surface area contributed by atoms with Gasteiger partial charge in [0.05, 0.1) is 11.4 Å². The van der Waals surface area contributed by atoms with Crippen LogP contribution in [-0.4, -0.2) is 33.9 Å². The standard InChI is InChI=1S/C11H15N5O/c1-12-10-6-8(9-4-5-13-16(9)2)14-11(15-10)7-17-3/h4-6H,7H2,1-3H3,(H,12,14,15). The highest BCUT2D eigenvalue weighted by Crippen LogP contribution is 2.18. The molecule has 0 aliphatic carbocycles. The van der Waals surface area contributed by atoms with Gasteiger partial charge in [0.1, 0.15) is 12.4 Å². The summed E-state index contributed by atoms with van der Waals surface area (Å²) in [5, 5.41) is 7.14. The molecule has 0 radical (unpaired) electrons. The van der Waals surface area contributed by atoms with Crippen LogP contribution in [0.15, 0.2) is 18.3 Å². The number of nitrogens with one attached hydrogen (secondary N) is 1. The Labute approximate surface area is 99.7 Å². The molecular weight excluding hydrogens is 218 g/mol. The van der Waals surface area contributed by atoms with Crippen molar-refractivity contribution in [3.05, 3.63) is 24.2 Å². The number of hydrogen-bond acceptors (Lipinski definition) is 5. The summed E-state index contributed by atoms with van der Waals surface area (Å²) >= 11 is 0. The maximum atomic E-state index is 5.05. The van der Waals surface area contributed by atoms with E-state index in [0.29, 0.717) is 12.4 Å². The monoisotopic (exact) mass is 233 g/mol. The molecule has 6 heteroatoms. The Hall–Kier alpha value is -1.95. The van der Waals surface area contributed by atoms with Crippen molar-refractivity contribution in [1.29, 1.82) is 0 Å². The van der Waals surface area contributed by atoms with Crippen molar-refractivity contribution in [2.45, 2.75) is 6.61 Å². The van der Waals surface area contributed by atoms with Crippen LogP contribution in [0.25, 0.3) is 11.4 Å². The Morgan fingerprint density at radius 2 is 2.24 bits per heavy atom. The van der Waals surface area contributed by atoms with Gasteiger partial charge in [0, 0.05) is 33.5 Å². The van der Waals surface area contributed by atoms with E-state index in [2.05, 4.69) is 20.4 Å². The van der Waals surface area contributed by atoms with E-state index in [9.17, 15) is 0 Å². The summed E-state index contributed by atoms with van der Waals surface area (Å²) in [5.74, 6) is 1.42. The molecule has 2 aromatic heterocycles. The molecule has 2 heterocycles. The second-order valence-electron chi connectivity index (χ2n) is 3.58. The average Bonchev–Trinajstić information content (AvgIpc) is 2.75. The Bertz CT molecular complexity index is 508. The Morgan fingerprint density at radius 3 is 2.82 bits per heavy atom. The van der Waals surface area contributed by atoms with Gasteiger partial charge in [-0.05, 0) is 6.07 Å². The van der Waals surface area contributed by atoms with E-state index < -0.39 is 0 Å². The third kappa shape index (κ3) is 2.42. The number of aryl methyl sites for hydroxylation is 1. The topological polar surface area (TPSA) is 64.9 Å². The third-order valence-electron chi connectivity index (χ3n) is 2.39. The van der Waals surface area contributed by atoms with E-state index in [0.717, 1.165) is 17.2 Å². The number of rotatable bonds is 4. The second kappa shape index (κ2) is 4.92. The molecule has 17 heavy (non-hydrogen) atoms. The quantitative estimate of drug-likeness (QED) is 0.855. The van der Waals surface area contributed by atoms with E-state index in [-0.39, 0.29) is 0 Å². The maximum absolute atomic E-state index is 5.05. The normalized spacial score (nSPS) is 10.5. The van der Waals surface area contributed by atoms with Crippen LogP contribution in [0.3, 0.4) is 0 Å². The van der Waals surface area contributed by atoms with Crippen molar-refractivity contribution >= 4 is 5.82 Å². The summed E-state index contributed by atoms with van der Waals surface area (Å²) in [6.07, 6.45) is 1.74. The largest absolute Gasteiger partial charge is 0.377 e. The van der Waals surface area contributed by atoms with Crippen molar-refractivity contribution in [3.8, 4) is 11.4 Å². The van der Waals surface area contributed by atoms with Gasteiger partial charge < -0.3 is 10.1 Å². The molecule has 0 saturated heterocycles. The first kappa shape index (κ1) is 11.5. The van der Waals surface area contributed by atoms with Crippen LogP contribution in [0.2, 0.25) is 0 Å². The van der Waals surface area contributed by atoms with Crippen LogP contribution in [0.4, 0.5) is 5.82 Å². The first-order valence-electron chi connectivity index (χ1n) is 5.27. The molecule has 0 atom stereocenters. The molecule has 1 N–H and O–H groups in total. The van der Waals surface area contributed by atoms with Gasteiger partial charge in [-0.1, -0.05) is 0 Å². The molecule has 90 valence electrons. The molecule has 0 bridgehead atoms. The van der Waals surface area contributed by atoms with Gasteiger partial charge in [-0.25, -0.2) is 9.97 Å². The maximum Gasteiger partial charge on any atom is 0.157 e. The zero-order valence-corrected chi connectivity index (χ0v) is 10.1. The number of aromatic nitrogens is 4. The Balaban J connectivity index is 2.46. The van der Waals surface area contributed by atoms with Crippen molar-refractivity contribution in [1.82, 2.24) is 19.7 Å². The molecule has 0 aliphatic rings. The molecule has 0 aromatic carbocycles. The van der Waals surface area contributed by atoms with E-state index in [1.54, 1.807) is 18.0 Å². The van der Waals surface area contributed by atoms with Crippen LogP contribution in [0, 0.1) is 0 Å². The molecule has 0 spiro atoms. The first-order valence-corrected chi connectivity index (χ1v) is 5.27. The van der Waals surface area contributed by atoms with E-state index in [1.165, 1.54) is 0 Å². The van der Waals surface area contributed by atoms with Crippen LogP contribution >= 0.6 is 0 Å². The highest BCUT2D eigenvalue weighted by molar-refractivity contribution is 5.58. The first-order chi connectivity index (χ1) is 8.24. The van der Waals surface area contributed by atoms with Crippen molar-refractivity contribution < 1.29 is 4.74 Å².